The molecule has 0 aliphatic carbocycles. The molecular weight excluding hydrogens is 152 g/mol. The highest BCUT2D eigenvalue weighted by Crippen LogP contribution is 2.26. The first kappa shape index (κ1) is 6.97. The third kappa shape index (κ3) is 0.747. The lowest BCUT2D eigenvalue weighted by atomic mass is 10.2. The van der Waals surface area contributed by atoms with Gasteiger partial charge in [-0.3, -0.25) is 0 Å². The normalized spacial score (nSPS) is 10.8. The average Bonchev–Trinajstić information content (AvgIpc) is 2.41. The predicted molar refractivity (Wildman–Crippen MR) is 49.7 cm³/mol. The zero-order valence-corrected chi connectivity index (χ0v) is 6.76. The summed E-state index contributed by atoms with van der Waals surface area (Å²) in [6.45, 7) is 1.91. The van der Waals surface area contributed by atoms with Crippen molar-refractivity contribution in [2.45, 2.75) is 6.92 Å². The standard InChI is InChI=1S/C8H10N4/c1-4-2-11-8-6(7(4)10)5(9)3-12-8/h2-3H,9H2,1H3,(H3,10,11,12). The van der Waals surface area contributed by atoms with Crippen molar-refractivity contribution in [3.8, 4) is 0 Å². The zero-order chi connectivity index (χ0) is 8.72. The van der Waals surface area contributed by atoms with Crippen LogP contribution in [0.5, 0.6) is 0 Å². The first-order valence-corrected chi connectivity index (χ1v) is 3.68. The van der Waals surface area contributed by atoms with Gasteiger partial charge in [0, 0.05) is 18.1 Å². The maximum atomic E-state index is 5.82. The first-order chi connectivity index (χ1) is 5.70. The Bertz CT molecular complexity index is 430. The van der Waals surface area contributed by atoms with Gasteiger partial charge in [0.2, 0.25) is 0 Å². The second-order valence-corrected chi connectivity index (χ2v) is 2.82. The van der Waals surface area contributed by atoms with Crippen LogP contribution in [0.3, 0.4) is 0 Å². The van der Waals surface area contributed by atoms with Crippen molar-refractivity contribution in [1.29, 1.82) is 0 Å². The van der Waals surface area contributed by atoms with Crippen molar-refractivity contribution in [2.75, 3.05) is 11.5 Å². The number of nitrogen functional groups attached to an aromatic ring is 2. The molecule has 2 aromatic heterocycles. The van der Waals surface area contributed by atoms with E-state index in [0.29, 0.717) is 11.4 Å². The number of aromatic amines is 1. The van der Waals surface area contributed by atoms with E-state index >= 15 is 0 Å². The summed E-state index contributed by atoms with van der Waals surface area (Å²) in [5.41, 5.74) is 14.6. The lowest BCUT2D eigenvalue weighted by molar-refractivity contribution is 1.29. The van der Waals surface area contributed by atoms with Gasteiger partial charge in [-0.25, -0.2) is 4.98 Å². The van der Waals surface area contributed by atoms with Crippen LogP contribution in [0.15, 0.2) is 12.4 Å². The maximum absolute atomic E-state index is 5.82. The fourth-order valence-corrected chi connectivity index (χ4v) is 1.24. The topological polar surface area (TPSA) is 80.7 Å². The molecule has 2 aromatic rings. The summed E-state index contributed by atoms with van der Waals surface area (Å²) < 4.78 is 0. The molecule has 0 aliphatic rings. The minimum absolute atomic E-state index is 0.652. The molecule has 12 heavy (non-hydrogen) atoms. The Morgan fingerprint density at radius 2 is 2.17 bits per heavy atom. The molecule has 0 spiro atoms. The molecule has 0 fully saturated rings. The average molecular weight is 162 g/mol. The number of hydrogen-bond donors (Lipinski definition) is 3. The van der Waals surface area contributed by atoms with Crippen LogP contribution in [0.4, 0.5) is 11.4 Å². The van der Waals surface area contributed by atoms with Gasteiger partial charge in [0.1, 0.15) is 5.65 Å². The number of aryl methyl sites for hydroxylation is 1. The van der Waals surface area contributed by atoms with E-state index in [-0.39, 0.29) is 0 Å². The number of fused-ring (bicyclic) bond motifs is 1. The molecular formula is C8H10N4. The zero-order valence-electron chi connectivity index (χ0n) is 6.76. The number of anilines is 2. The van der Waals surface area contributed by atoms with Gasteiger partial charge < -0.3 is 16.5 Å². The predicted octanol–water partition coefficient (Wildman–Crippen LogP) is 1.04. The van der Waals surface area contributed by atoms with Gasteiger partial charge in [-0.15, -0.1) is 0 Å². The van der Waals surface area contributed by atoms with E-state index in [1.54, 1.807) is 12.4 Å². The largest absolute Gasteiger partial charge is 0.398 e. The molecule has 62 valence electrons. The van der Waals surface area contributed by atoms with Gasteiger partial charge in [-0.1, -0.05) is 0 Å². The van der Waals surface area contributed by atoms with Crippen LogP contribution in [-0.2, 0) is 0 Å². The Labute approximate surface area is 69.6 Å². The van der Waals surface area contributed by atoms with E-state index in [1.165, 1.54) is 0 Å². The number of rotatable bonds is 0. The van der Waals surface area contributed by atoms with E-state index < -0.39 is 0 Å². The summed E-state index contributed by atoms with van der Waals surface area (Å²) >= 11 is 0. The SMILES string of the molecule is Cc1cnc2[nH]cc(N)c2c1N. The molecule has 0 unspecified atom stereocenters. The number of nitrogens with two attached hydrogens (primary N) is 2. The number of nitrogens with zero attached hydrogens (tertiary/aromatic N) is 1. The quantitative estimate of drug-likeness (QED) is 0.541. The van der Waals surface area contributed by atoms with Crippen LogP contribution in [0.1, 0.15) is 5.56 Å². The van der Waals surface area contributed by atoms with Crippen LogP contribution < -0.4 is 11.5 Å². The van der Waals surface area contributed by atoms with Crippen LogP contribution in [0.2, 0.25) is 0 Å². The second-order valence-electron chi connectivity index (χ2n) is 2.82. The number of H-pyrrole nitrogens is 1. The fourth-order valence-electron chi connectivity index (χ4n) is 1.24. The second kappa shape index (κ2) is 2.14. The van der Waals surface area contributed by atoms with Crippen molar-refractivity contribution in [3.05, 3.63) is 18.0 Å². The van der Waals surface area contributed by atoms with Crippen molar-refractivity contribution < 1.29 is 0 Å². The molecule has 0 saturated carbocycles. The van der Waals surface area contributed by atoms with E-state index in [9.17, 15) is 0 Å². The summed E-state index contributed by atoms with van der Waals surface area (Å²) in [5.74, 6) is 0. The van der Waals surface area contributed by atoms with E-state index in [0.717, 1.165) is 16.6 Å². The summed E-state index contributed by atoms with van der Waals surface area (Å²) in [6, 6.07) is 0. The fraction of sp³-hybridized carbons (Fsp3) is 0.125. The highest BCUT2D eigenvalue weighted by Gasteiger charge is 2.06. The maximum Gasteiger partial charge on any atom is 0.141 e. The summed E-state index contributed by atoms with van der Waals surface area (Å²) in [6.07, 6.45) is 3.43. The molecule has 5 N–H and O–H groups in total. The van der Waals surface area contributed by atoms with Crippen molar-refractivity contribution in [2.24, 2.45) is 0 Å². The number of nitrogens with one attached hydrogen (secondary N) is 1. The molecule has 0 atom stereocenters. The Hall–Kier alpha value is -1.71. The first-order valence-electron chi connectivity index (χ1n) is 3.68. The molecule has 0 aromatic carbocycles. The number of aromatic nitrogens is 2. The van der Waals surface area contributed by atoms with Crippen LogP contribution in [-0.4, -0.2) is 9.97 Å². The molecule has 2 rings (SSSR count). The molecule has 2 heterocycles. The molecule has 0 radical (unpaired) electrons. The summed E-state index contributed by atoms with van der Waals surface area (Å²) in [7, 11) is 0. The van der Waals surface area contributed by atoms with Gasteiger partial charge in [-0.05, 0) is 12.5 Å². The van der Waals surface area contributed by atoms with Crippen LogP contribution >= 0.6 is 0 Å². The molecule has 0 amide bonds. The minimum atomic E-state index is 0.652. The summed E-state index contributed by atoms with van der Waals surface area (Å²) in [4.78, 5) is 7.09. The molecule has 0 saturated heterocycles. The van der Waals surface area contributed by atoms with Gasteiger partial charge in [0.05, 0.1) is 11.1 Å². The summed E-state index contributed by atoms with van der Waals surface area (Å²) in [5, 5.41) is 0.829. The third-order valence-corrected chi connectivity index (χ3v) is 1.97. The van der Waals surface area contributed by atoms with Crippen molar-refractivity contribution in [1.82, 2.24) is 9.97 Å². The minimum Gasteiger partial charge on any atom is -0.398 e. The van der Waals surface area contributed by atoms with Crippen LogP contribution in [0, 0.1) is 6.92 Å². The van der Waals surface area contributed by atoms with Gasteiger partial charge >= 0.3 is 0 Å². The van der Waals surface area contributed by atoms with E-state index in [1.807, 2.05) is 6.92 Å². The Morgan fingerprint density at radius 3 is 2.92 bits per heavy atom. The van der Waals surface area contributed by atoms with E-state index in [2.05, 4.69) is 9.97 Å². The number of hydrogen-bond acceptors (Lipinski definition) is 3. The van der Waals surface area contributed by atoms with Crippen molar-refractivity contribution in [3.63, 3.8) is 0 Å². The lowest BCUT2D eigenvalue weighted by Crippen LogP contribution is -1.93. The molecule has 0 aliphatic heterocycles. The highest BCUT2D eigenvalue weighted by atomic mass is 14.9. The number of pyridine rings is 1. The Morgan fingerprint density at radius 1 is 1.42 bits per heavy atom. The Kier molecular flexibility index (Phi) is 1.24. The highest BCUT2D eigenvalue weighted by molar-refractivity contribution is 5.99. The molecule has 0 bridgehead atoms. The van der Waals surface area contributed by atoms with Crippen LogP contribution in [0.25, 0.3) is 11.0 Å². The molecule has 4 heteroatoms. The van der Waals surface area contributed by atoms with Gasteiger partial charge in [0.15, 0.2) is 0 Å². The third-order valence-electron chi connectivity index (χ3n) is 1.97. The molecule has 4 nitrogen and oxygen atoms in total. The van der Waals surface area contributed by atoms with Gasteiger partial charge in [-0.2, -0.15) is 0 Å². The Balaban J connectivity index is 2.96. The van der Waals surface area contributed by atoms with Crippen molar-refractivity contribution >= 4 is 22.4 Å². The van der Waals surface area contributed by atoms with Gasteiger partial charge in [0.25, 0.3) is 0 Å². The van der Waals surface area contributed by atoms with E-state index in [4.69, 9.17) is 11.5 Å². The monoisotopic (exact) mass is 162 g/mol. The lowest BCUT2D eigenvalue weighted by Gasteiger charge is -2.00. The smallest absolute Gasteiger partial charge is 0.141 e.